The van der Waals surface area contributed by atoms with Gasteiger partial charge in [-0.05, 0) is 48.9 Å². The van der Waals surface area contributed by atoms with Gasteiger partial charge in [0.1, 0.15) is 11.6 Å². The topological polar surface area (TPSA) is 189 Å². The third-order valence-electron chi connectivity index (χ3n) is 6.43. The molecule has 3 rings (SSSR count). The van der Waals surface area contributed by atoms with Crippen molar-refractivity contribution in [3.63, 3.8) is 0 Å². The highest BCUT2D eigenvalue weighted by atomic mass is 32.2. The lowest BCUT2D eigenvalue weighted by molar-refractivity contribution is -0.119. The van der Waals surface area contributed by atoms with E-state index >= 15 is 0 Å². The summed E-state index contributed by atoms with van der Waals surface area (Å²) >= 11 is 0. The number of unbranched alkanes of at least 4 members (excludes halogenated alkanes) is 1. The Balaban J connectivity index is 1.95. The second kappa shape index (κ2) is 16.5. The number of halogens is 4. The highest BCUT2D eigenvalue weighted by Gasteiger charge is 2.33. The second-order valence-corrected chi connectivity index (χ2v) is 13.7. The van der Waals surface area contributed by atoms with Crippen LogP contribution < -0.4 is 25.2 Å². The maximum atomic E-state index is 14.2. The molecule has 268 valence electrons. The molecule has 0 unspecified atom stereocenters. The average molecular weight is 717 g/mol. The van der Waals surface area contributed by atoms with Crippen molar-refractivity contribution in [2.75, 3.05) is 12.9 Å². The summed E-state index contributed by atoms with van der Waals surface area (Å²) in [5.74, 6) is -4.31. The maximum absolute atomic E-state index is 14.2. The number of sulfonamides is 1. The first kappa shape index (κ1) is 38.6. The molecule has 3 aromatic rings. The molecule has 0 spiro atoms. The van der Waals surface area contributed by atoms with Crippen LogP contribution >= 0.6 is 0 Å². The number of ether oxygens (including phenoxy) is 3. The molecule has 0 fully saturated rings. The standard InChI is InChI=1S/C31H36F4N4O9S/c1-31(2,3)15-23(47-30(36)42)26-25(27(41)37-16-18-8-10-19(32)14-20(18)33)38-28(48-26)17-9-11-21(46-29(34)35)22(13-17)45-12-6-5-7-24(40)39-49(4,43)44/h8-11,13-14,23,29H,5-7,12,15-16H2,1-4H3,(H2,36,42)(H,37,41)(H,39,40)/t23-/m0/s1. The molecule has 4 N–H and O–H groups in total. The van der Waals surface area contributed by atoms with Crippen LogP contribution in [0.5, 0.6) is 11.5 Å². The number of rotatable bonds is 16. The van der Waals surface area contributed by atoms with E-state index in [0.717, 1.165) is 24.5 Å². The highest BCUT2D eigenvalue weighted by molar-refractivity contribution is 7.89. The van der Waals surface area contributed by atoms with Crippen LogP contribution in [0.15, 0.2) is 40.8 Å². The predicted molar refractivity (Wildman–Crippen MR) is 166 cm³/mol. The van der Waals surface area contributed by atoms with E-state index in [0.29, 0.717) is 6.07 Å². The minimum absolute atomic E-state index is 0.0351. The fraction of sp³-hybridized carbons (Fsp3) is 0.419. The third kappa shape index (κ3) is 12.6. The Morgan fingerprint density at radius 1 is 1.04 bits per heavy atom. The second-order valence-electron chi connectivity index (χ2n) is 12.0. The van der Waals surface area contributed by atoms with Crippen molar-refractivity contribution < 1.29 is 59.0 Å². The van der Waals surface area contributed by atoms with Gasteiger partial charge in [-0.15, -0.1) is 0 Å². The van der Waals surface area contributed by atoms with E-state index < -0.39 is 57.7 Å². The van der Waals surface area contributed by atoms with Crippen LogP contribution in [-0.2, 0) is 26.1 Å². The van der Waals surface area contributed by atoms with E-state index in [2.05, 4.69) is 15.0 Å². The number of nitrogens with zero attached hydrogens (tertiary/aromatic N) is 1. The molecule has 3 amide bonds. The number of hydrogen-bond donors (Lipinski definition) is 3. The summed E-state index contributed by atoms with van der Waals surface area (Å²) in [6.45, 7) is 1.78. The van der Waals surface area contributed by atoms with Gasteiger partial charge in [0.25, 0.3) is 5.91 Å². The van der Waals surface area contributed by atoms with Gasteiger partial charge in [-0.2, -0.15) is 8.78 Å². The molecule has 49 heavy (non-hydrogen) atoms. The number of carbonyl (C=O) groups is 3. The molecule has 18 heteroatoms. The van der Waals surface area contributed by atoms with E-state index in [4.69, 9.17) is 19.6 Å². The van der Waals surface area contributed by atoms with Crippen molar-refractivity contribution in [2.24, 2.45) is 11.1 Å². The van der Waals surface area contributed by atoms with Crippen LogP contribution in [0.25, 0.3) is 11.5 Å². The monoisotopic (exact) mass is 716 g/mol. The van der Waals surface area contributed by atoms with Crippen molar-refractivity contribution >= 4 is 27.9 Å². The smallest absolute Gasteiger partial charge is 0.405 e. The van der Waals surface area contributed by atoms with Crippen molar-refractivity contribution in [3.8, 4) is 23.0 Å². The van der Waals surface area contributed by atoms with Crippen LogP contribution in [-0.4, -0.2) is 50.8 Å². The number of primary amides is 1. The van der Waals surface area contributed by atoms with E-state index in [1.165, 1.54) is 12.1 Å². The molecule has 0 saturated carbocycles. The highest BCUT2D eigenvalue weighted by Crippen LogP contribution is 2.38. The zero-order chi connectivity index (χ0) is 36.5. The summed E-state index contributed by atoms with van der Waals surface area (Å²) in [6.07, 6.45) is -1.18. The predicted octanol–water partition coefficient (Wildman–Crippen LogP) is 5.35. The normalized spacial score (nSPS) is 12.3. The number of benzene rings is 2. The molecule has 0 aliphatic carbocycles. The van der Waals surface area contributed by atoms with Gasteiger partial charge in [-0.1, -0.05) is 26.8 Å². The molecule has 0 bridgehead atoms. The van der Waals surface area contributed by atoms with Gasteiger partial charge in [0, 0.05) is 30.2 Å². The van der Waals surface area contributed by atoms with Crippen LogP contribution in [0.3, 0.4) is 0 Å². The number of amides is 3. The summed E-state index contributed by atoms with van der Waals surface area (Å²) in [6, 6.07) is 6.49. The van der Waals surface area contributed by atoms with E-state index in [1.54, 1.807) is 0 Å². The molecule has 13 nitrogen and oxygen atoms in total. The molecule has 0 aliphatic heterocycles. The largest absolute Gasteiger partial charge is 0.490 e. The Morgan fingerprint density at radius 2 is 1.76 bits per heavy atom. The summed E-state index contributed by atoms with van der Waals surface area (Å²) in [4.78, 5) is 41.2. The van der Waals surface area contributed by atoms with Gasteiger partial charge in [-0.3, -0.25) is 14.3 Å². The Hall–Kier alpha value is -4.87. The summed E-state index contributed by atoms with van der Waals surface area (Å²) < 4.78 is 99.6. The van der Waals surface area contributed by atoms with E-state index in [9.17, 15) is 40.4 Å². The molecule has 1 atom stereocenters. The van der Waals surface area contributed by atoms with E-state index in [1.807, 2.05) is 25.5 Å². The van der Waals surface area contributed by atoms with Crippen molar-refractivity contribution in [2.45, 2.75) is 65.7 Å². The van der Waals surface area contributed by atoms with Crippen molar-refractivity contribution in [1.82, 2.24) is 15.0 Å². The Kier molecular flexibility index (Phi) is 13.0. The number of alkyl halides is 2. The lowest BCUT2D eigenvalue weighted by atomic mass is 9.88. The van der Waals surface area contributed by atoms with Crippen molar-refractivity contribution in [3.05, 3.63) is 65.1 Å². The molecular formula is C31H36F4N4O9S. The fourth-order valence-corrected chi connectivity index (χ4v) is 4.94. The quantitative estimate of drug-likeness (QED) is 0.129. The van der Waals surface area contributed by atoms with Gasteiger partial charge in [-0.25, -0.2) is 27.0 Å². The number of nitrogens with one attached hydrogen (secondary N) is 2. The molecule has 1 heterocycles. The first-order valence-corrected chi connectivity index (χ1v) is 16.6. The van der Waals surface area contributed by atoms with Gasteiger partial charge >= 0.3 is 12.7 Å². The van der Waals surface area contributed by atoms with Crippen LogP contribution in [0, 0.1) is 17.0 Å². The SMILES string of the molecule is CC(C)(C)C[C@H](OC(N)=O)c1oc(-c2ccc(OC(F)F)c(OCCCCC(=O)NS(C)(=O)=O)c2)nc1C(=O)NCc1ccc(F)cc1F. The van der Waals surface area contributed by atoms with Crippen LogP contribution in [0.2, 0.25) is 0 Å². The average Bonchev–Trinajstić information content (AvgIpc) is 3.40. The minimum Gasteiger partial charge on any atom is -0.490 e. The molecular weight excluding hydrogens is 680 g/mol. The van der Waals surface area contributed by atoms with Gasteiger partial charge in [0.2, 0.25) is 21.8 Å². The minimum atomic E-state index is -3.72. The molecule has 0 saturated heterocycles. The van der Waals surface area contributed by atoms with Crippen molar-refractivity contribution in [1.29, 1.82) is 0 Å². The first-order valence-electron chi connectivity index (χ1n) is 14.7. The number of hydrogen-bond acceptors (Lipinski definition) is 10. The zero-order valence-corrected chi connectivity index (χ0v) is 27.8. The zero-order valence-electron chi connectivity index (χ0n) is 27.0. The summed E-state index contributed by atoms with van der Waals surface area (Å²) in [7, 11) is -3.72. The lowest BCUT2D eigenvalue weighted by Crippen LogP contribution is -2.29. The van der Waals surface area contributed by atoms with E-state index in [-0.39, 0.29) is 78.8 Å². The summed E-state index contributed by atoms with van der Waals surface area (Å²) in [5, 5.41) is 2.47. The Bertz CT molecular complexity index is 1760. The summed E-state index contributed by atoms with van der Waals surface area (Å²) in [5.41, 5.74) is 4.52. The van der Waals surface area contributed by atoms with Crippen LogP contribution in [0.4, 0.5) is 22.4 Å². The number of nitrogens with two attached hydrogens (primary N) is 1. The Morgan fingerprint density at radius 3 is 2.37 bits per heavy atom. The molecule has 0 radical (unpaired) electrons. The maximum Gasteiger partial charge on any atom is 0.405 e. The fourth-order valence-electron chi connectivity index (χ4n) is 4.42. The third-order valence-corrected chi connectivity index (χ3v) is 7.03. The van der Waals surface area contributed by atoms with Gasteiger partial charge < -0.3 is 29.7 Å². The van der Waals surface area contributed by atoms with Gasteiger partial charge in [0.15, 0.2) is 29.1 Å². The molecule has 1 aromatic heterocycles. The Labute approximate surface area is 279 Å². The number of oxazole rings is 1. The molecule has 0 aliphatic rings. The number of carbonyl (C=O) groups excluding carboxylic acids is 3. The molecule has 2 aromatic carbocycles. The lowest BCUT2D eigenvalue weighted by Gasteiger charge is -2.24. The number of aromatic nitrogens is 1. The van der Waals surface area contributed by atoms with Crippen LogP contribution in [0.1, 0.15) is 74.4 Å². The van der Waals surface area contributed by atoms with Gasteiger partial charge in [0.05, 0.1) is 12.9 Å². The first-order chi connectivity index (χ1) is 22.8.